The smallest absolute Gasteiger partial charge is 0.237 e. The number of amides is 1. The van der Waals surface area contributed by atoms with E-state index in [2.05, 4.69) is 10.6 Å². The summed E-state index contributed by atoms with van der Waals surface area (Å²) in [6.07, 6.45) is 3.29. The molecule has 17 heavy (non-hydrogen) atoms. The fourth-order valence-electron chi connectivity index (χ4n) is 1.98. The molecule has 1 aromatic carbocycles. The van der Waals surface area contributed by atoms with Crippen LogP contribution in [0, 0.1) is 0 Å². The number of carbonyl (C=O) groups excluding carboxylic acids is 1. The molecule has 1 fully saturated rings. The fraction of sp³-hybridized carbons (Fsp3) is 0.462. The van der Waals surface area contributed by atoms with Crippen molar-refractivity contribution in [3.8, 4) is 0 Å². The van der Waals surface area contributed by atoms with Gasteiger partial charge in [0.15, 0.2) is 0 Å². The normalized spacial score (nSPS) is 19.2. The Hall–Kier alpha value is -1.06. The monoisotopic (exact) mass is 254 g/mol. The zero-order valence-electron chi connectivity index (χ0n) is 9.82. The zero-order valence-corrected chi connectivity index (χ0v) is 10.6. The lowest BCUT2D eigenvalue weighted by Crippen LogP contribution is -2.46. The summed E-state index contributed by atoms with van der Waals surface area (Å²) in [6, 6.07) is 10.0. The van der Waals surface area contributed by atoms with Gasteiger partial charge in [0, 0.05) is 6.54 Å². The van der Waals surface area contributed by atoms with Crippen molar-refractivity contribution in [2.45, 2.75) is 31.8 Å². The molecule has 0 aromatic heterocycles. The Morgan fingerprint density at radius 2 is 2.06 bits per heavy atom. The van der Waals surface area contributed by atoms with Gasteiger partial charge in [0.05, 0.1) is 6.04 Å². The van der Waals surface area contributed by atoms with Crippen LogP contribution in [0.15, 0.2) is 30.3 Å². The number of benzene rings is 1. The maximum Gasteiger partial charge on any atom is 0.237 e. The predicted molar refractivity (Wildman–Crippen MR) is 71.2 cm³/mol. The summed E-state index contributed by atoms with van der Waals surface area (Å²) in [5.74, 6) is 0.128. The molecule has 1 heterocycles. The van der Waals surface area contributed by atoms with Crippen LogP contribution in [0.25, 0.3) is 0 Å². The van der Waals surface area contributed by atoms with E-state index < -0.39 is 0 Å². The lowest BCUT2D eigenvalue weighted by molar-refractivity contribution is -0.123. The number of hydrogen-bond acceptors (Lipinski definition) is 2. The molecule has 0 radical (unpaired) electrons. The quantitative estimate of drug-likeness (QED) is 0.865. The molecule has 2 N–H and O–H groups in total. The Morgan fingerprint density at radius 1 is 1.29 bits per heavy atom. The second kappa shape index (κ2) is 7.30. The largest absolute Gasteiger partial charge is 0.351 e. The van der Waals surface area contributed by atoms with Crippen molar-refractivity contribution in [3.05, 3.63) is 35.9 Å². The molecular formula is C13H19ClN2O. The van der Waals surface area contributed by atoms with E-state index in [4.69, 9.17) is 0 Å². The average Bonchev–Trinajstić information content (AvgIpc) is 2.38. The van der Waals surface area contributed by atoms with Gasteiger partial charge in [0.25, 0.3) is 0 Å². The van der Waals surface area contributed by atoms with Gasteiger partial charge in [-0.1, -0.05) is 36.8 Å². The molecule has 94 valence electrons. The molecule has 0 aliphatic carbocycles. The van der Waals surface area contributed by atoms with Gasteiger partial charge in [0.1, 0.15) is 0 Å². The Labute approximate surface area is 108 Å². The predicted octanol–water partition coefficient (Wildman–Crippen LogP) is 1.87. The summed E-state index contributed by atoms with van der Waals surface area (Å²) in [4.78, 5) is 11.8. The number of nitrogens with one attached hydrogen (secondary N) is 2. The van der Waals surface area contributed by atoms with Gasteiger partial charge in [-0.2, -0.15) is 0 Å². The molecule has 1 saturated heterocycles. The van der Waals surface area contributed by atoms with Gasteiger partial charge in [-0.25, -0.2) is 0 Å². The van der Waals surface area contributed by atoms with E-state index in [-0.39, 0.29) is 24.4 Å². The molecule has 1 aromatic rings. The molecule has 2 rings (SSSR count). The highest BCUT2D eigenvalue weighted by atomic mass is 35.5. The van der Waals surface area contributed by atoms with E-state index in [0.717, 1.165) is 24.9 Å². The first kappa shape index (κ1) is 14.0. The van der Waals surface area contributed by atoms with E-state index in [0.29, 0.717) is 6.54 Å². The van der Waals surface area contributed by atoms with Crippen molar-refractivity contribution in [2.24, 2.45) is 0 Å². The molecular weight excluding hydrogens is 236 g/mol. The van der Waals surface area contributed by atoms with Crippen molar-refractivity contribution in [1.29, 1.82) is 0 Å². The first-order chi connectivity index (χ1) is 7.86. The van der Waals surface area contributed by atoms with E-state index >= 15 is 0 Å². The molecule has 0 unspecified atom stereocenters. The standard InChI is InChI=1S/C13H18N2O.ClH/c16-13(12-8-4-5-9-14-12)15-10-11-6-2-1-3-7-11;/h1-3,6-7,12,14H,4-5,8-10H2,(H,15,16);1H/t12-;/m0./s1. The summed E-state index contributed by atoms with van der Waals surface area (Å²) < 4.78 is 0. The minimum Gasteiger partial charge on any atom is -0.351 e. The van der Waals surface area contributed by atoms with Crippen molar-refractivity contribution in [1.82, 2.24) is 10.6 Å². The maximum absolute atomic E-state index is 11.8. The van der Waals surface area contributed by atoms with Gasteiger partial charge >= 0.3 is 0 Å². The third kappa shape index (κ3) is 4.36. The summed E-state index contributed by atoms with van der Waals surface area (Å²) in [6.45, 7) is 1.58. The Balaban J connectivity index is 0.00000144. The second-order valence-electron chi connectivity index (χ2n) is 4.21. The van der Waals surface area contributed by atoms with E-state index in [1.807, 2.05) is 30.3 Å². The van der Waals surface area contributed by atoms with Gasteiger partial charge in [-0.15, -0.1) is 12.4 Å². The second-order valence-corrected chi connectivity index (χ2v) is 4.21. The fourth-order valence-corrected chi connectivity index (χ4v) is 1.98. The van der Waals surface area contributed by atoms with Crippen LogP contribution in [0.3, 0.4) is 0 Å². The number of rotatable bonds is 3. The molecule has 4 heteroatoms. The molecule has 0 bridgehead atoms. The summed E-state index contributed by atoms with van der Waals surface area (Å²) in [7, 11) is 0. The minimum absolute atomic E-state index is 0. The van der Waals surface area contributed by atoms with E-state index in [9.17, 15) is 4.79 Å². The van der Waals surface area contributed by atoms with E-state index in [1.165, 1.54) is 6.42 Å². The van der Waals surface area contributed by atoms with Crippen molar-refractivity contribution in [2.75, 3.05) is 6.54 Å². The SMILES string of the molecule is Cl.O=C(NCc1ccccc1)[C@@H]1CCCCN1. The van der Waals surface area contributed by atoms with Crippen molar-refractivity contribution >= 4 is 18.3 Å². The van der Waals surface area contributed by atoms with Crippen molar-refractivity contribution < 1.29 is 4.79 Å². The third-order valence-corrected chi connectivity index (χ3v) is 2.94. The third-order valence-electron chi connectivity index (χ3n) is 2.94. The molecule has 3 nitrogen and oxygen atoms in total. The van der Waals surface area contributed by atoms with Crippen LogP contribution >= 0.6 is 12.4 Å². The number of halogens is 1. The maximum atomic E-state index is 11.8. The van der Waals surface area contributed by atoms with Crippen molar-refractivity contribution in [3.63, 3.8) is 0 Å². The molecule has 0 spiro atoms. The molecule has 1 atom stereocenters. The Morgan fingerprint density at radius 3 is 2.71 bits per heavy atom. The Kier molecular flexibility index (Phi) is 6.01. The highest BCUT2D eigenvalue weighted by Crippen LogP contribution is 2.07. The number of piperidine rings is 1. The van der Waals surface area contributed by atoms with E-state index in [1.54, 1.807) is 0 Å². The first-order valence-electron chi connectivity index (χ1n) is 5.91. The first-order valence-corrected chi connectivity index (χ1v) is 5.91. The van der Waals surface area contributed by atoms with Crippen LogP contribution in [0.5, 0.6) is 0 Å². The zero-order chi connectivity index (χ0) is 11.2. The van der Waals surface area contributed by atoms with Crippen LogP contribution in [-0.2, 0) is 11.3 Å². The van der Waals surface area contributed by atoms with Crippen LogP contribution < -0.4 is 10.6 Å². The van der Waals surface area contributed by atoms with Crippen LogP contribution in [0.4, 0.5) is 0 Å². The summed E-state index contributed by atoms with van der Waals surface area (Å²) in [5.41, 5.74) is 1.15. The topological polar surface area (TPSA) is 41.1 Å². The van der Waals surface area contributed by atoms with Crippen LogP contribution in [0.2, 0.25) is 0 Å². The van der Waals surface area contributed by atoms with Gasteiger partial charge < -0.3 is 10.6 Å². The highest BCUT2D eigenvalue weighted by Gasteiger charge is 2.19. The van der Waals surface area contributed by atoms with Gasteiger partial charge in [-0.3, -0.25) is 4.79 Å². The summed E-state index contributed by atoms with van der Waals surface area (Å²) >= 11 is 0. The van der Waals surface area contributed by atoms with Gasteiger partial charge in [0.2, 0.25) is 5.91 Å². The number of hydrogen-bond donors (Lipinski definition) is 2. The minimum atomic E-state index is 0. The lowest BCUT2D eigenvalue weighted by atomic mass is 10.0. The van der Waals surface area contributed by atoms with Crippen LogP contribution in [-0.4, -0.2) is 18.5 Å². The molecule has 1 aliphatic heterocycles. The molecule has 1 aliphatic rings. The molecule has 1 amide bonds. The Bertz CT molecular complexity index is 337. The average molecular weight is 255 g/mol. The van der Waals surface area contributed by atoms with Gasteiger partial charge in [-0.05, 0) is 24.9 Å². The number of carbonyl (C=O) groups is 1. The highest BCUT2D eigenvalue weighted by molar-refractivity contribution is 5.85. The lowest BCUT2D eigenvalue weighted by Gasteiger charge is -2.22. The molecule has 0 saturated carbocycles. The summed E-state index contributed by atoms with van der Waals surface area (Å²) in [5, 5.41) is 6.21. The van der Waals surface area contributed by atoms with Crippen LogP contribution in [0.1, 0.15) is 24.8 Å².